The van der Waals surface area contributed by atoms with Gasteiger partial charge in [0.15, 0.2) is 11.5 Å². The van der Waals surface area contributed by atoms with Crippen molar-refractivity contribution in [3.8, 4) is 17.6 Å². The van der Waals surface area contributed by atoms with Gasteiger partial charge in [0.05, 0.1) is 31.3 Å². The van der Waals surface area contributed by atoms with Crippen LogP contribution in [0.4, 0.5) is 0 Å². The van der Waals surface area contributed by atoms with Crippen molar-refractivity contribution in [2.45, 2.75) is 40.0 Å². The standard InChI is InChI=1S/C21H26N2O5/c1-5-10-27-16-9-8-14(11-17(16)25-6-2)19-15(12-22)20(23)28-13(4)18(19)21(24)26-7-3/h8-9,11,19H,5-7,10,23H2,1-4H3. The molecule has 1 aromatic rings. The van der Waals surface area contributed by atoms with Crippen molar-refractivity contribution >= 4 is 5.97 Å². The maximum absolute atomic E-state index is 12.6. The highest BCUT2D eigenvalue weighted by molar-refractivity contribution is 5.92. The number of ether oxygens (including phenoxy) is 4. The molecular weight excluding hydrogens is 360 g/mol. The molecule has 28 heavy (non-hydrogen) atoms. The Kier molecular flexibility index (Phi) is 7.33. The van der Waals surface area contributed by atoms with Crippen LogP contribution in [0.1, 0.15) is 45.6 Å². The quantitative estimate of drug-likeness (QED) is 0.682. The summed E-state index contributed by atoms with van der Waals surface area (Å²) in [4.78, 5) is 12.6. The fourth-order valence-electron chi connectivity index (χ4n) is 2.99. The number of hydrogen-bond donors (Lipinski definition) is 1. The van der Waals surface area contributed by atoms with E-state index < -0.39 is 11.9 Å². The van der Waals surface area contributed by atoms with Crippen LogP contribution < -0.4 is 15.2 Å². The highest BCUT2D eigenvalue weighted by atomic mass is 16.5. The molecule has 0 aromatic heterocycles. The topological polar surface area (TPSA) is 104 Å². The Balaban J connectivity index is 2.58. The summed E-state index contributed by atoms with van der Waals surface area (Å²) in [6, 6.07) is 7.40. The van der Waals surface area contributed by atoms with E-state index >= 15 is 0 Å². The molecule has 1 aliphatic heterocycles. The lowest BCUT2D eigenvalue weighted by Gasteiger charge is -2.27. The van der Waals surface area contributed by atoms with E-state index in [1.54, 1.807) is 32.0 Å². The highest BCUT2D eigenvalue weighted by Crippen LogP contribution is 2.42. The number of allylic oxidation sites excluding steroid dienone is 2. The molecule has 7 heteroatoms. The van der Waals surface area contributed by atoms with Gasteiger partial charge in [0.25, 0.3) is 0 Å². The monoisotopic (exact) mass is 386 g/mol. The molecule has 0 radical (unpaired) electrons. The van der Waals surface area contributed by atoms with Gasteiger partial charge >= 0.3 is 5.97 Å². The summed E-state index contributed by atoms with van der Waals surface area (Å²) < 4.78 is 22.1. The van der Waals surface area contributed by atoms with E-state index in [0.29, 0.717) is 36.0 Å². The second-order valence-corrected chi connectivity index (χ2v) is 6.10. The molecule has 2 rings (SSSR count). The van der Waals surface area contributed by atoms with Crippen LogP contribution in [-0.4, -0.2) is 25.8 Å². The summed E-state index contributed by atoms with van der Waals surface area (Å²) in [7, 11) is 0. The van der Waals surface area contributed by atoms with Crippen LogP contribution in [0.5, 0.6) is 11.5 Å². The van der Waals surface area contributed by atoms with Crippen LogP contribution in [0.25, 0.3) is 0 Å². The lowest BCUT2D eigenvalue weighted by molar-refractivity contribution is -0.139. The molecule has 0 bridgehead atoms. The average Bonchev–Trinajstić information content (AvgIpc) is 2.66. The number of rotatable bonds is 8. The van der Waals surface area contributed by atoms with Crippen molar-refractivity contribution in [1.82, 2.24) is 0 Å². The Labute approximate surface area is 165 Å². The minimum absolute atomic E-state index is 0.0256. The van der Waals surface area contributed by atoms with Crippen molar-refractivity contribution in [3.05, 3.63) is 46.6 Å². The summed E-state index contributed by atoms with van der Waals surface area (Å²) in [6.45, 7) is 8.44. The number of nitrogens with zero attached hydrogens (tertiary/aromatic N) is 1. The van der Waals surface area contributed by atoms with Crippen LogP contribution >= 0.6 is 0 Å². The maximum Gasteiger partial charge on any atom is 0.338 e. The molecule has 1 aliphatic rings. The molecule has 1 aromatic carbocycles. The number of hydrogen-bond acceptors (Lipinski definition) is 7. The van der Waals surface area contributed by atoms with Crippen LogP contribution in [0.15, 0.2) is 41.0 Å². The van der Waals surface area contributed by atoms with Crippen molar-refractivity contribution in [3.63, 3.8) is 0 Å². The lowest BCUT2D eigenvalue weighted by atomic mass is 9.83. The van der Waals surface area contributed by atoms with Crippen molar-refractivity contribution < 1.29 is 23.7 Å². The molecule has 0 aliphatic carbocycles. The largest absolute Gasteiger partial charge is 0.490 e. The molecule has 0 fully saturated rings. The van der Waals surface area contributed by atoms with Crippen molar-refractivity contribution in [2.75, 3.05) is 19.8 Å². The number of esters is 1. The van der Waals surface area contributed by atoms with Gasteiger partial charge in [0.2, 0.25) is 5.88 Å². The predicted octanol–water partition coefficient (Wildman–Crippen LogP) is 3.52. The third kappa shape index (κ3) is 4.39. The lowest BCUT2D eigenvalue weighted by Crippen LogP contribution is -2.25. The van der Waals surface area contributed by atoms with Gasteiger partial charge in [0.1, 0.15) is 17.4 Å². The van der Waals surface area contributed by atoms with Crippen LogP contribution in [0.3, 0.4) is 0 Å². The Bertz CT molecular complexity index is 836. The van der Waals surface area contributed by atoms with Gasteiger partial charge in [-0.1, -0.05) is 13.0 Å². The Hall–Kier alpha value is -3.14. The zero-order valence-corrected chi connectivity index (χ0v) is 16.7. The summed E-state index contributed by atoms with van der Waals surface area (Å²) in [5, 5.41) is 9.65. The van der Waals surface area contributed by atoms with Crippen molar-refractivity contribution in [1.29, 1.82) is 5.26 Å². The van der Waals surface area contributed by atoms with E-state index in [-0.39, 0.29) is 23.6 Å². The Morgan fingerprint density at radius 1 is 1.21 bits per heavy atom. The third-order valence-electron chi connectivity index (χ3n) is 4.16. The summed E-state index contributed by atoms with van der Waals surface area (Å²) in [6.07, 6.45) is 0.861. The van der Waals surface area contributed by atoms with Gasteiger partial charge in [-0.15, -0.1) is 0 Å². The first-order chi connectivity index (χ1) is 13.5. The molecule has 0 saturated heterocycles. The first kappa shape index (κ1) is 21.2. The summed E-state index contributed by atoms with van der Waals surface area (Å²) in [5.41, 5.74) is 6.99. The molecular formula is C21H26N2O5. The molecule has 0 saturated carbocycles. The van der Waals surface area contributed by atoms with Gasteiger partial charge in [0, 0.05) is 0 Å². The highest BCUT2D eigenvalue weighted by Gasteiger charge is 2.36. The van der Waals surface area contributed by atoms with Crippen LogP contribution in [0.2, 0.25) is 0 Å². The normalized spacial score (nSPS) is 16.3. The van der Waals surface area contributed by atoms with E-state index in [1.807, 2.05) is 13.8 Å². The summed E-state index contributed by atoms with van der Waals surface area (Å²) >= 11 is 0. The third-order valence-corrected chi connectivity index (χ3v) is 4.16. The molecule has 1 heterocycles. The zero-order valence-electron chi connectivity index (χ0n) is 16.7. The number of benzene rings is 1. The average molecular weight is 386 g/mol. The summed E-state index contributed by atoms with van der Waals surface area (Å²) in [5.74, 6) is 0.170. The van der Waals surface area contributed by atoms with E-state index in [1.165, 1.54) is 0 Å². The second-order valence-electron chi connectivity index (χ2n) is 6.10. The first-order valence-corrected chi connectivity index (χ1v) is 9.33. The second kappa shape index (κ2) is 9.70. The van der Waals surface area contributed by atoms with Crippen LogP contribution in [0, 0.1) is 11.3 Å². The molecule has 1 atom stereocenters. The van der Waals surface area contributed by atoms with E-state index in [4.69, 9.17) is 24.7 Å². The van der Waals surface area contributed by atoms with Crippen molar-refractivity contribution in [2.24, 2.45) is 5.73 Å². The molecule has 7 nitrogen and oxygen atoms in total. The fourth-order valence-corrected chi connectivity index (χ4v) is 2.99. The minimum atomic E-state index is -0.711. The molecule has 0 spiro atoms. The van der Waals surface area contributed by atoms with E-state index in [9.17, 15) is 10.1 Å². The zero-order chi connectivity index (χ0) is 20.7. The number of carbonyl (C=O) groups is 1. The smallest absolute Gasteiger partial charge is 0.338 e. The van der Waals surface area contributed by atoms with Gasteiger partial charge in [-0.2, -0.15) is 5.26 Å². The maximum atomic E-state index is 12.6. The first-order valence-electron chi connectivity index (χ1n) is 9.33. The SMILES string of the molecule is CCCOc1ccc(C2C(C#N)=C(N)OC(C)=C2C(=O)OCC)cc1OCC. The molecule has 0 amide bonds. The predicted molar refractivity (Wildman–Crippen MR) is 103 cm³/mol. The van der Waals surface area contributed by atoms with E-state index in [2.05, 4.69) is 6.07 Å². The number of nitrogens with two attached hydrogens (primary N) is 1. The van der Waals surface area contributed by atoms with E-state index in [0.717, 1.165) is 6.42 Å². The van der Waals surface area contributed by atoms with Gasteiger partial charge < -0.3 is 24.7 Å². The molecule has 1 unspecified atom stereocenters. The Morgan fingerprint density at radius 2 is 1.96 bits per heavy atom. The number of carbonyl (C=O) groups excluding carboxylic acids is 1. The molecule has 2 N–H and O–H groups in total. The minimum Gasteiger partial charge on any atom is -0.490 e. The van der Waals surface area contributed by atoms with Gasteiger partial charge in [-0.05, 0) is 44.9 Å². The Morgan fingerprint density at radius 3 is 2.57 bits per heavy atom. The van der Waals surface area contributed by atoms with Gasteiger partial charge in [-0.25, -0.2) is 4.79 Å². The number of nitriles is 1. The van der Waals surface area contributed by atoms with Crippen LogP contribution in [-0.2, 0) is 14.3 Å². The van der Waals surface area contributed by atoms with Gasteiger partial charge in [-0.3, -0.25) is 0 Å². The fraction of sp³-hybridized carbons (Fsp3) is 0.429. The molecule has 150 valence electrons.